The summed E-state index contributed by atoms with van der Waals surface area (Å²) in [6.07, 6.45) is 0. The number of esters is 1. The molecule has 0 saturated carbocycles. The minimum Gasteiger partial charge on any atom is -0.507 e. The number of anilines is 1. The first kappa shape index (κ1) is 17.3. The first-order valence-electron chi connectivity index (χ1n) is 6.70. The number of rotatable bonds is 4. The number of phenolic OH excluding ortho intramolecular Hbond substituents is 1. The predicted octanol–water partition coefficient (Wildman–Crippen LogP) is 2.91. The van der Waals surface area contributed by atoms with Crippen LogP contribution in [0.1, 0.15) is 15.9 Å². The highest BCUT2D eigenvalue weighted by molar-refractivity contribution is 5.97. The molecule has 0 aliphatic carbocycles. The van der Waals surface area contributed by atoms with Crippen molar-refractivity contribution in [2.24, 2.45) is 0 Å². The number of phenols is 1. The summed E-state index contributed by atoms with van der Waals surface area (Å²) in [4.78, 5) is 23.4. The lowest BCUT2D eigenvalue weighted by Gasteiger charge is -2.09. The molecule has 2 aromatic carbocycles. The van der Waals surface area contributed by atoms with Crippen molar-refractivity contribution < 1.29 is 32.6 Å². The van der Waals surface area contributed by atoms with Crippen molar-refractivity contribution in [1.82, 2.24) is 0 Å². The quantitative estimate of drug-likeness (QED) is 0.663. The smallest absolute Gasteiger partial charge is 0.342 e. The number of hydrogen-bond acceptors (Lipinski definition) is 4. The van der Waals surface area contributed by atoms with E-state index in [0.29, 0.717) is 11.6 Å². The molecule has 2 rings (SSSR count). The maximum Gasteiger partial charge on any atom is 0.342 e. The van der Waals surface area contributed by atoms with E-state index in [1.165, 1.54) is 12.1 Å². The summed E-state index contributed by atoms with van der Waals surface area (Å²) in [5, 5.41) is 11.7. The lowest BCUT2D eigenvalue weighted by atomic mass is 10.1. The molecule has 0 fully saturated rings. The molecule has 5 nitrogen and oxygen atoms in total. The summed E-state index contributed by atoms with van der Waals surface area (Å²) in [5.74, 6) is -6.89. The number of hydrogen-bond donors (Lipinski definition) is 2. The normalized spacial score (nSPS) is 10.3. The molecule has 8 heteroatoms. The molecule has 0 unspecified atom stereocenters. The van der Waals surface area contributed by atoms with Crippen LogP contribution in [0.2, 0.25) is 0 Å². The first-order chi connectivity index (χ1) is 11.3. The Kier molecular flexibility index (Phi) is 5.08. The Balaban J connectivity index is 2.00. The Hall–Kier alpha value is -3.03. The van der Waals surface area contributed by atoms with Crippen molar-refractivity contribution >= 4 is 17.6 Å². The van der Waals surface area contributed by atoms with Crippen LogP contribution in [0.25, 0.3) is 0 Å². The van der Waals surface area contributed by atoms with Crippen LogP contribution in [-0.4, -0.2) is 23.6 Å². The van der Waals surface area contributed by atoms with E-state index in [4.69, 9.17) is 4.74 Å². The van der Waals surface area contributed by atoms with Crippen LogP contribution in [0.5, 0.6) is 5.75 Å². The van der Waals surface area contributed by atoms with Gasteiger partial charge in [0.1, 0.15) is 11.3 Å². The van der Waals surface area contributed by atoms with Gasteiger partial charge in [-0.3, -0.25) is 4.79 Å². The van der Waals surface area contributed by atoms with Crippen LogP contribution in [0.15, 0.2) is 30.3 Å². The van der Waals surface area contributed by atoms with Crippen LogP contribution in [0.3, 0.4) is 0 Å². The molecular formula is C16H12F3NO4. The number of carbonyl (C=O) groups excluding carboxylic acids is 2. The fraction of sp³-hybridized carbons (Fsp3) is 0.125. The number of benzene rings is 2. The van der Waals surface area contributed by atoms with Crippen molar-refractivity contribution in [3.05, 3.63) is 58.9 Å². The zero-order valence-corrected chi connectivity index (χ0v) is 12.4. The standard InChI is InChI=1S/C16H12F3NO4/c1-8-3-2-4-9(15(8)22)16(23)24-7-12(21)20-11-6-5-10(17)13(18)14(11)19/h2-6,22H,7H2,1H3,(H,20,21). The van der Waals surface area contributed by atoms with Gasteiger partial charge >= 0.3 is 5.97 Å². The minimum absolute atomic E-state index is 0.137. The molecule has 0 aromatic heterocycles. The highest BCUT2D eigenvalue weighted by Gasteiger charge is 2.18. The number of nitrogens with one attached hydrogen (secondary N) is 1. The Bertz CT molecular complexity index is 808. The van der Waals surface area contributed by atoms with Gasteiger partial charge in [0.2, 0.25) is 0 Å². The molecule has 0 atom stereocenters. The zero-order chi connectivity index (χ0) is 17.9. The summed E-state index contributed by atoms with van der Waals surface area (Å²) in [7, 11) is 0. The van der Waals surface area contributed by atoms with Gasteiger partial charge < -0.3 is 15.2 Å². The second-order valence-corrected chi connectivity index (χ2v) is 4.82. The zero-order valence-electron chi connectivity index (χ0n) is 12.4. The van der Waals surface area contributed by atoms with Gasteiger partial charge in [-0.05, 0) is 30.7 Å². The number of ether oxygens (including phenoxy) is 1. The fourth-order valence-corrected chi connectivity index (χ4v) is 1.84. The number of amides is 1. The topological polar surface area (TPSA) is 75.6 Å². The van der Waals surface area contributed by atoms with Gasteiger partial charge in [0.05, 0.1) is 5.69 Å². The number of carbonyl (C=O) groups is 2. The molecule has 24 heavy (non-hydrogen) atoms. The molecule has 0 saturated heterocycles. The molecule has 1 amide bonds. The van der Waals surface area contributed by atoms with Crippen LogP contribution in [0.4, 0.5) is 18.9 Å². The Morgan fingerprint density at radius 2 is 1.83 bits per heavy atom. The summed E-state index contributed by atoms with van der Waals surface area (Å²) in [5.41, 5.74) is -0.284. The molecular weight excluding hydrogens is 327 g/mol. The predicted molar refractivity (Wildman–Crippen MR) is 78.1 cm³/mol. The maximum atomic E-state index is 13.4. The molecule has 0 bridgehead atoms. The maximum absolute atomic E-state index is 13.4. The number of halogens is 3. The van der Waals surface area contributed by atoms with E-state index in [1.807, 2.05) is 5.32 Å². The van der Waals surface area contributed by atoms with E-state index in [0.717, 1.165) is 6.07 Å². The molecule has 0 spiro atoms. The highest BCUT2D eigenvalue weighted by atomic mass is 19.2. The minimum atomic E-state index is -1.73. The van der Waals surface area contributed by atoms with E-state index in [2.05, 4.69) is 0 Å². The fourth-order valence-electron chi connectivity index (χ4n) is 1.84. The molecule has 2 aromatic rings. The van der Waals surface area contributed by atoms with E-state index < -0.39 is 41.6 Å². The third kappa shape index (κ3) is 3.65. The van der Waals surface area contributed by atoms with Crippen LogP contribution >= 0.6 is 0 Å². The Labute approximate surface area is 134 Å². The van der Waals surface area contributed by atoms with Gasteiger partial charge in [-0.25, -0.2) is 18.0 Å². The van der Waals surface area contributed by atoms with E-state index >= 15 is 0 Å². The summed E-state index contributed by atoms with van der Waals surface area (Å²) in [6, 6.07) is 5.87. The molecule has 0 radical (unpaired) electrons. The van der Waals surface area contributed by atoms with Crippen LogP contribution in [-0.2, 0) is 9.53 Å². The molecule has 2 N–H and O–H groups in total. The SMILES string of the molecule is Cc1cccc(C(=O)OCC(=O)Nc2ccc(F)c(F)c2F)c1O. The third-order valence-electron chi connectivity index (χ3n) is 3.10. The van der Waals surface area contributed by atoms with Crippen molar-refractivity contribution in [2.75, 3.05) is 11.9 Å². The third-order valence-corrected chi connectivity index (χ3v) is 3.10. The van der Waals surface area contributed by atoms with Gasteiger partial charge in [-0.15, -0.1) is 0 Å². The highest BCUT2D eigenvalue weighted by Crippen LogP contribution is 2.22. The second kappa shape index (κ2) is 7.03. The van der Waals surface area contributed by atoms with Crippen molar-refractivity contribution in [3.8, 4) is 5.75 Å². The van der Waals surface area contributed by atoms with E-state index in [-0.39, 0.29) is 11.3 Å². The summed E-state index contributed by atoms with van der Waals surface area (Å²) >= 11 is 0. The van der Waals surface area contributed by atoms with Gasteiger partial charge in [0.25, 0.3) is 5.91 Å². The second-order valence-electron chi connectivity index (χ2n) is 4.82. The van der Waals surface area contributed by atoms with Gasteiger partial charge in [-0.2, -0.15) is 0 Å². The Morgan fingerprint density at radius 1 is 1.12 bits per heavy atom. The first-order valence-corrected chi connectivity index (χ1v) is 6.70. The summed E-state index contributed by atoms with van der Waals surface area (Å²) in [6.45, 7) is 0.773. The van der Waals surface area contributed by atoms with Crippen LogP contribution < -0.4 is 5.32 Å². The van der Waals surface area contributed by atoms with Crippen molar-refractivity contribution in [1.29, 1.82) is 0 Å². The molecule has 126 valence electrons. The molecule has 0 aliphatic heterocycles. The van der Waals surface area contributed by atoms with E-state index in [9.17, 15) is 27.9 Å². The lowest BCUT2D eigenvalue weighted by Crippen LogP contribution is -2.22. The average Bonchev–Trinajstić information content (AvgIpc) is 2.55. The lowest BCUT2D eigenvalue weighted by molar-refractivity contribution is -0.119. The monoisotopic (exact) mass is 339 g/mol. The average molecular weight is 339 g/mol. The van der Waals surface area contributed by atoms with Crippen molar-refractivity contribution in [2.45, 2.75) is 6.92 Å². The van der Waals surface area contributed by atoms with Gasteiger partial charge in [0.15, 0.2) is 24.1 Å². The van der Waals surface area contributed by atoms with Gasteiger partial charge in [0, 0.05) is 0 Å². The largest absolute Gasteiger partial charge is 0.507 e. The Morgan fingerprint density at radius 3 is 2.54 bits per heavy atom. The van der Waals surface area contributed by atoms with Crippen LogP contribution in [0, 0.1) is 24.4 Å². The van der Waals surface area contributed by atoms with E-state index in [1.54, 1.807) is 13.0 Å². The summed E-state index contributed by atoms with van der Waals surface area (Å²) < 4.78 is 43.9. The van der Waals surface area contributed by atoms with Gasteiger partial charge in [-0.1, -0.05) is 12.1 Å². The number of para-hydroxylation sites is 1. The van der Waals surface area contributed by atoms with Crippen molar-refractivity contribution in [3.63, 3.8) is 0 Å². The number of aryl methyl sites for hydroxylation is 1. The number of aromatic hydroxyl groups is 1. The molecule has 0 aliphatic rings. The molecule has 0 heterocycles.